The molecule has 1 aliphatic rings. The number of aromatic nitrogens is 3. The van der Waals surface area contributed by atoms with E-state index in [0.29, 0.717) is 17.3 Å². The standard InChI is InChI=1S/C18H17N5O3S2/c1-11-9-13(23(25)26)6-7-14(11)19-16(24)10-28-18-21-20-17(15-3-2-8-27-15)22(18)12-4-5-12/h2-3,6-9,12H,4-5,10H2,1H3,(H,19,24). The summed E-state index contributed by atoms with van der Waals surface area (Å²) in [5, 5.41) is 25.0. The molecule has 2 aromatic heterocycles. The summed E-state index contributed by atoms with van der Waals surface area (Å²) >= 11 is 2.97. The molecule has 2 heterocycles. The Balaban J connectivity index is 1.44. The van der Waals surface area contributed by atoms with E-state index in [0.717, 1.165) is 28.7 Å². The molecular formula is C18H17N5O3S2. The molecule has 1 aliphatic carbocycles. The van der Waals surface area contributed by atoms with E-state index in [1.165, 1.54) is 23.9 Å². The van der Waals surface area contributed by atoms with Crippen molar-refractivity contribution in [3.05, 3.63) is 51.4 Å². The number of aryl methyl sites for hydroxylation is 1. The normalized spacial score (nSPS) is 13.5. The molecule has 1 saturated carbocycles. The van der Waals surface area contributed by atoms with Crippen molar-refractivity contribution in [3.63, 3.8) is 0 Å². The van der Waals surface area contributed by atoms with E-state index in [4.69, 9.17) is 0 Å². The van der Waals surface area contributed by atoms with Crippen LogP contribution in [-0.4, -0.2) is 31.3 Å². The number of benzene rings is 1. The minimum atomic E-state index is -0.454. The molecule has 8 nitrogen and oxygen atoms in total. The largest absolute Gasteiger partial charge is 0.325 e. The highest BCUT2D eigenvalue weighted by Crippen LogP contribution is 2.41. The zero-order valence-corrected chi connectivity index (χ0v) is 16.6. The Morgan fingerprint density at radius 2 is 2.21 bits per heavy atom. The zero-order chi connectivity index (χ0) is 19.7. The van der Waals surface area contributed by atoms with Gasteiger partial charge in [0.15, 0.2) is 11.0 Å². The maximum absolute atomic E-state index is 12.4. The van der Waals surface area contributed by atoms with Crippen molar-refractivity contribution in [3.8, 4) is 10.7 Å². The minimum Gasteiger partial charge on any atom is -0.325 e. The Labute approximate surface area is 169 Å². The van der Waals surface area contributed by atoms with Gasteiger partial charge in [0.05, 0.1) is 15.6 Å². The number of nitrogens with one attached hydrogen (secondary N) is 1. The summed E-state index contributed by atoms with van der Waals surface area (Å²) in [7, 11) is 0. The van der Waals surface area contributed by atoms with Crippen molar-refractivity contribution in [2.75, 3.05) is 11.1 Å². The van der Waals surface area contributed by atoms with Crippen LogP contribution < -0.4 is 5.32 Å². The first-order chi connectivity index (χ1) is 13.5. The van der Waals surface area contributed by atoms with Crippen LogP contribution in [0.5, 0.6) is 0 Å². The first kappa shape index (κ1) is 18.6. The number of carbonyl (C=O) groups excluding carboxylic acids is 1. The van der Waals surface area contributed by atoms with E-state index < -0.39 is 4.92 Å². The summed E-state index contributed by atoms with van der Waals surface area (Å²) in [6.07, 6.45) is 2.19. The van der Waals surface area contributed by atoms with Crippen LogP contribution in [-0.2, 0) is 4.79 Å². The summed E-state index contributed by atoms with van der Waals surface area (Å²) in [4.78, 5) is 23.8. The lowest BCUT2D eigenvalue weighted by Gasteiger charge is -2.09. The van der Waals surface area contributed by atoms with Gasteiger partial charge in [-0.3, -0.25) is 19.5 Å². The maximum Gasteiger partial charge on any atom is 0.269 e. The number of hydrogen-bond donors (Lipinski definition) is 1. The van der Waals surface area contributed by atoms with Crippen LogP contribution in [0.15, 0.2) is 40.9 Å². The Hall–Kier alpha value is -2.72. The second-order valence-corrected chi connectivity index (χ2v) is 8.37. The summed E-state index contributed by atoms with van der Waals surface area (Å²) in [5.41, 5.74) is 1.22. The zero-order valence-electron chi connectivity index (χ0n) is 15.0. The van der Waals surface area contributed by atoms with Crippen LogP contribution in [0, 0.1) is 17.0 Å². The van der Waals surface area contributed by atoms with Gasteiger partial charge in [0.25, 0.3) is 5.69 Å². The molecule has 0 bridgehead atoms. The summed E-state index contributed by atoms with van der Waals surface area (Å²) in [6.45, 7) is 1.73. The molecule has 1 fully saturated rings. The topological polar surface area (TPSA) is 103 Å². The molecule has 1 N–H and O–H groups in total. The lowest BCUT2D eigenvalue weighted by molar-refractivity contribution is -0.384. The van der Waals surface area contributed by atoms with Gasteiger partial charge in [-0.2, -0.15) is 0 Å². The molecule has 144 valence electrons. The predicted octanol–water partition coefficient (Wildman–Crippen LogP) is 4.29. The van der Waals surface area contributed by atoms with Crippen LogP contribution >= 0.6 is 23.1 Å². The fraction of sp³-hybridized carbons (Fsp3) is 0.278. The number of hydrogen-bond acceptors (Lipinski definition) is 7. The molecule has 0 spiro atoms. The summed E-state index contributed by atoms with van der Waals surface area (Å²) in [6, 6.07) is 8.78. The van der Waals surface area contributed by atoms with Crippen LogP contribution in [0.25, 0.3) is 10.7 Å². The van der Waals surface area contributed by atoms with Gasteiger partial charge >= 0.3 is 0 Å². The first-order valence-electron chi connectivity index (χ1n) is 8.69. The summed E-state index contributed by atoms with van der Waals surface area (Å²) in [5.74, 6) is 0.850. The fourth-order valence-corrected chi connectivity index (χ4v) is 4.34. The third-order valence-electron chi connectivity index (χ3n) is 4.35. The lowest BCUT2D eigenvalue weighted by atomic mass is 10.2. The molecule has 0 radical (unpaired) electrons. The molecule has 0 saturated heterocycles. The van der Waals surface area contributed by atoms with Gasteiger partial charge in [0, 0.05) is 23.9 Å². The second-order valence-electron chi connectivity index (χ2n) is 6.48. The fourth-order valence-electron chi connectivity index (χ4n) is 2.83. The number of nitrogens with zero attached hydrogens (tertiary/aromatic N) is 4. The van der Waals surface area contributed by atoms with Gasteiger partial charge < -0.3 is 5.32 Å². The van der Waals surface area contributed by atoms with Crippen molar-refractivity contribution >= 4 is 40.4 Å². The minimum absolute atomic E-state index is 0.00326. The Morgan fingerprint density at radius 3 is 2.86 bits per heavy atom. The van der Waals surface area contributed by atoms with E-state index in [2.05, 4.69) is 20.1 Å². The molecule has 0 atom stereocenters. The first-order valence-corrected chi connectivity index (χ1v) is 10.6. The van der Waals surface area contributed by atoms with Crippen LogP contribution in [0.1, 0.15) is 24.4 Å². The molecule has 1 aromatic carbocycles. The van der Waals surface area contributed by atoms with Crippen molar-refractivity contribution in [1.82, 2.24) is 14.8 Å². The van der Waals surface area contributed by atoms with Gasteiger partial charge in [-0.1, -0.05) is 17.8 Å². The molecular weight excluding hydrogens is 398 g/mol. The molecule has 10 heteroatoms. The highest BCUT2D eigenvalue weighted by molar-refractivity contribution is 7.99. The van der Waals surface area contributed by atoms with Gasteiger partial charge in [0.2, 0.25) is 5.91 Å². The molecule has 0 aliphatic heterocycles. The second kappa shape index (κ2) is 7.72. The monoisotopic (exact) mass is 415 g/mol. The van der Waals surface area contributed by atoms with Crippen LogP contribution in [0.3, 0.4) is 0 Å². The lowest BCUT2D eigenvalue weighted by Crippen LogP contribution is -2.15. The molecule has 28 heavy (non-hydrogen) atoms. The third kappa shape index (κ3) is 3.92. The number of anilines is 1. The summed E-state index contributed by atoms with van der Waals surface area (Å²) < 4.78 is 2.13. The van der Waals surface area contributed by atoms with Crippen molar-refractivity contribution < 1.29 is 9.72 Å². The number of carbonyl (C=O) groups is 1. The number of nitro groups is 1. The van der Waals surface area contributed by atoms with Crippen LogP contribution in [0.4, 0.5) is 11.4 Å². The van der Waals surface area contributed by atoms with Crippen molar-refractivity contribution in [1.29, 1.82) is 0 Å². The SMILES string of the molecule is Cc1cc([N+](=O)[O-])ccc1NC(=O)CSc1nnc(-c2cccs2)n1C1CC1. The molecule has 4 rings (SSSR count). The Bertz CT molecular complexity index is 1030. The van der Waals surface area contributed by atoms with Gasteiger partial charge in [-0.25, -0.2) is 0 Å². The highest BCUT2D eigenvalue weighted by atomic mass is 32.2. The van der Waals surface area contributed by atoms with Gasteiger partial charge in [0.1, 0.15) is 0 Å². The van der Waals surface area contributed by atoms with Crippen LogP contribution in [0.2, 0.25) is 0 Å². The van der Waals surface area contributed by atoms with E-state index in [1.807, 2.05) is 17.5 Å². The average molecular weight is 416 g/mol. The molecule has 3 aromatic rings. The van der Waals surface area contributed by atoms with Gasteiger partial charge in [-0.05, 0) is 42.8 Å². The number of nitro benzene ring substituents is 1. The number of thiophene rings is 1. The number of amides is 1. The quantitative estimate of drug-likeness (QED) is 0.351. The van der Waals surface area contributed by atoms with Gasteiger partial charge in [-0.15, -0.1) is 21.5 Å². The predicted molar refractivity (Wildman–Crippen MR) is 109 cm³/mol. The molecule has 0 unspecified atom stereocenters. The Morgan fingerprint density at radius 1 is 1.39 bits per heavy atom. The number of rotatable bonds is 7. The van der Waals surface area contributed by atoms with Crippen molar-refractivity contribution in [2.45, 2.75) is 31.0 Å². The van der Waals surface area contributed by atoms with E-state index in [9.17, 15) is 14.9 Å². The Kier molecular flexibility index (Phi) is 5.14. The van der Waals surface area contributed by atoms with E-state index >= 15 is 0 Å². The van der Waals surface area contributed by atoms with E-state index in [1.54, 1.807) is 24.3 Å². The van der Waals surface area contributed by atoms with E-state index in [-0.39, 0.29) is 17.3 Å². The average Bonchev–Trinajstić information content (AvgIpc) is 3.18. The number of thioether (sulfide) groups is 1. The molecule has 1 amide bonds. The number of non-ortho nitro benzene ring substituents is 1. The smallest absolute Gasteiger partial charge is 0.269 e. The van der Waals surface area contributed by atoms with Crippen molar-refractivity contribution in [2.24, 2.45) is 0 Å². The third-order valence-corrected chi connectivity index (χ3v) is 6.15. The highest BCUT2D eigenvalue weighted by Gasteiger charge is 2.30. The maximum atomic E-state index is 12.4.